The normalized spacial score (nSPS) is 12.2. The number of hydrogen-bond acceptors (Lipinski definition) is 3. The topological polar surface area (TPSA) is 38.7 Å². The molecule has 0 saturated carbocycles. The van der Waals surface area contributed by atoms with Crippen molar-refractivity contribution in [1.82, 2.24) is 15.0 Å². The molecule has 0 aliphatic rings. The van der Waals surface area contributed by atoms with Crippen molar-refractivity contribution < 1.29 is 39.5 Å². The Labute approximate surface area is 302 Å². The Morgan fingerprint density at radius 2 is 0.667 bits per heavy atom. The molecular weight excluding hydrogens is 717 g/mol. The van der Waals surface area contributed by atoms with E-state index >= 15 is 0 Å². The van der Waals surface area contributed by atoms with E-state index in [0.717, 1.165) is 59.0 Å². The summed E-state index contributed by atoms with van der Waals surface area (Å²) in [6.45, 7) is 0. The van der Waals surface area contributed by atoms with Crippen LogP contribution in [0.25, 0.3) is 67.0 Å². The Kier molecular flexibility index (Phi) is 9.30. The molecule has 0 aliphatic heterocycles. The summed E-state index contributed by atoms with van der Waals surface area (Å²) < 4.78 is 119. The van der Waals surface area contributed by atoms with Gasteiger partial charge in [-0.25, -0.2) is 0 Å². The van der Waals surface area contributed by atoms with Crippen LogP contribution in [0.5, 0.6) is 0 Å². The SMILES string of the molecule is FC(F)(F)c1ccc(-c2cccc(-c3cc(-c4cccc(-c5ccc(C(F)(F)F)nc5)c4)cc(-c4cccc(-c5ccc(C(F)(F)F)cn5)c4)c3)c2)nc1. The van der Waals surface area contributed by atoms with Crippen LogP contribution >= 0.6 is 0 Å². The van der Waals surface area contributed by atoms with Crippen molar-refractivity contribution in [1.29, 1.82) is 0 Å². The zero-order valence-corrected chi connectivity index (χ0v) is 27.6. The molecule has 0 aliphatic carbocycles. The zero-order chi connectivity index (χ0) is 38.3. The van der Waals surface area contributed by atoms with Crippen LogP contribution in [0.15, 0.2) is 146 Å². The van der Waals surface area contributed by atoms with Gasteiger partial charge in [0.1, 0.15) is 5.69 Å². The lowest BCUT2D eigenvalue weighted by Gasteiger charge is -2.14. The molecule has 0 unspecified atom stereocenters. The van der Waals surface area contributed by atoms with E-state index in [1.807, 2.05) is 42.5 Å². The van der Waals surface area contributed by atoms with Gasteiger partial charge in [0, 0.05) is 35.3 Å². The van der Waals surface area contributed by atoms with Gasteiger partial charge in [-0.05, 0) is 106 Å². The van der Waals surface area contributed by atoms with Crippen molar-refractivity contribution in [3.05, 3.63) is 163 Å². The standard InChI is InChI=1S/C42H24F9N3/c43-40(44,45)35-11-13-37(52-23-35)29-8-2-6-27(17-29)33-19-32(26-5-1-4-25(16-26)31-10-15-39(54-22-31)42(49,50)51)20-34(21-33)28-7-3-9-30(18-28)38-14-12-36(24-53-38)41(46,47)48/h1-24H. The van der Waals surface area contributed by atoms with E-state index in [4.69, 9.17) is 0 Å². The molecule has 12 heteroatoms. The zero-order valence-electron chi connectivity index (χ0n) is 27.6. The predicted octanol–water partition coefficient (Wildman–Crippen LogP) is 12.9. The van der Waals surface area contributed by atoms with E-state index in [-0.39, 0.29) is 0 Å². The summed E-state index contributed by atoms with van der Waals surface area (Å²) in [5.74, 6) is 0. The maximum Gasteiger partial charge on any atom is 0.433 e. The van der Waals surface area contributed by atoms with Gasteiger partial charge in [0.05, 0.1) is 22.5 Å². The minimum absolute atomic E-state index is 0.329. The van der Waals surface area contributed by atoms with E-state index in [2.05, 4.69) is 15.0 Å². The van der Waals surface area contributed by atoms with E-state index in [1.165, 1.54) is 18.2 Å². The Morgan fingerprint density at radius 3 is 1.00 bits per heavy atom. The van der Waals surface area contributed by atoms with Crippen LogP contribution in [0.2, 0.25) is 0 Å². The smallest absolute Gasteiger partial charge is 0.256 e. The summed E-state index contributed by atoms with van der Waals surface area (Å²) in [6, 6.07) is 33.9. The lowest BCUT2D eigenvalue weighted by molar-refractivity contribution is -0.141. The first-order chi connectivity index (χ1) is 25.6. The van der Waals surface area contributed by atoms with E-state index in [0.29, 0.717) is 44.8 Å². The molecule has 4 aromatic carbocycles. The highest BCUT2D eigenvalue weighted by Gasteiger charge is 2.33. The summed E-state index contributed by atoms with van der Waals surface area (Å²) >= 11 is 0. The average molecular weight is 742 g/mol. The van der Waals surface area contributed by atoms with Gasteiger partial charge >= 0.3 is 18.5 Å². The van der Waals surface area contributed by atoms with E-state index in [1.54, 1.807) is 48.5 Å². The summed E-state index contributed by atoms with van der Waals surface area (Å²) in [5, 5.41) is 0. The third-order valence-electron chi connectivity index (χ3n) is 8.68. The number of alkyl halides is 9. The number of nitrogens with zero attached hydrogens (tertiary/aromatic N) is 3. The van der Waals surface area contributed by atoms with E-state index in [9.17, 15) is 39.5 Å². The van der Waals surface area contributed by atoms with Gasteiger partial charge in [0.25, 0.3) is 0 Å². The van der Waals surface area contributed by atoms with Crippen molar-refractivity contribution in [3.63, 3.8) is 0 Å². The van der Waals surface area contributed by atoms with Crippen molar-refractivity contribution >= 4 is 0 Å². The molecule has 0 atom stereocenters. The van der Waals surface area contributed by atoms with Crippen molar-refractivity contribution in [2.75, 3.05) is 0 Å². The van der Waals surface area contributed by atoms with Crippen LogP contribution in [0, 0.1) is 0 Å². The highest BCUT2D eigenvalue weighted by atomic mass is 19.4. The molecule has 0 saturated heterocycles. The third-order valence-corrected chi connectivity index (χ3v) is 8.68. The largest absolute Gasteiger partial charge is 0.433 e. The number of hydrogen-bond donors (Lipinski definition) is 0. The second kappa shape index (κ2) is 13.9. The molecule has 0 fully saturated rings. The first kappa shape index (κ1) is 36.1. The number of benzene rings is 4. The van der Waals surface area contributed by atoms with Crippen molar-refractivity contribution in [3.8, 4) is 67.0 Å². The lowest BCUT2D eigenvalue weighted by atomic mass is 9.91. The molecule has 3 aromatic heterocycles. The van der Waals surface area contributed by atoms with Crippen molar-refractivity contribution in [2.24, 2.45) is 0 Å². The molecule has 0 amide bonds. The Bertz CT molecular complexity index is 2150. The van der Waals surface area contributed by atoms with Crippen molar-refractivity contribution in [2.45, 2.75) is 18.5 Å². The maximum absolute atomic E-state index is 13.2. The fraction of sp³-hybridized carbons (Fsp3) is 0.0714. The molecule has 3 nitrogen and oxygen atoms in total. The van der Waals surface area contributed by atoms with Gasteiger partial charge in [-0.1, -0.05) is 60.7 Å². The molecule has 0 radical (unpaired) electrons. The molecule has 0 N–H and O–H groups in total. The van der Waals surface area contributed by atoms with Crippen LogP contribution in [-0.4, -0.2) is 15.0 Å². The number of pyridine rings is 3. The highest BCUT2D eigenvalue weighted by molar-refractivity contribution is 5.85. The number of aromatic nitrogens is 3. The summed E-state index contributed by atoms with van der Waals surface area (Å²) in [4.78, 5) is 11.7. The van der Waals surface area contributed by atoms with Gasteiger partial charge in [-0.3, -0.25) is 15.0 Å². The van der Waals surface area contributed by atoms with Gasteiger partial charge in [-0.15, -0.1) is 0 Å². The molecule has 3 heterocycles. The third kappa shape index (κ3) is 7.87. The van der Waals surface area contributed by atoms with Crippen LogP contribution in [0.1, 0.15) is 16.8 Å². The Hall–Kier alpha value is -6.30. The molecule has 270 valence electrons. The quantitative estimate of drug-likeness (QED) is 0.159. The second-order valence-corrected chi connectivity index (χ2v) is 12.3. The molecule has 7 rings (SSSR count). The summed E-state index contributed by atoms with van der Waals surface area (Å²) in [5.41, 5.74) is 4.42. The van der Waals surface area contributed by atoms with E-state index < -0.39 is 35.3 Å². The number of rotatable bonds is 6. The first-order valence-electron chi connectivity index (χ1n) is 16.2. The molecule has 7 aromatic rings. The van der Waals surface area contributed by atoms with Crippen LogP contribution in [-0.2, 0) is 18.5 Å². The second-order valence-electron chi connectivity index (χ2n) is 12.3. The lowest BCUT2D eigenvalue weighted by Crippen LogP contribution is -2.07. The molecular formula is C42H24F9N3. The molecule has 54 heavy (non-hydrogen) atoms. The highest BCUT2D eigenvalue weighted by Crippen LogP contribution is 2.38. The Morgan fingerprint density at radius 1 is 0.296 bits per heavy atom. The fourth-order valence-electron chi connectivity index (χ4n) is 5.92. The minimum atomic E-state index is -4.59. The predicted molar refractivity (Wildman–Crippen MR) is 187 cm³/mol. The molecule has 0 bridgehead atoms. The monoisotopic (exact) mass is 741 g/mol. The van der Waals surface area contributed by atoms with Crippen LogP contribution < -0.4 is 0 Å². The maximum atomic E-state index is 13.2. The van der Waals surface area contributed by atoms with Gasteiger partial charge in [-0.2, -0.15) is 39.5 Å². The van der Waals surface area contributed by atoms with Crippen LogP contribution in [0.4, 0.5) is 39.5 Å². The van der Waals surface area contributed by atoms with Gasteiger partial charge < -0.3 is 0 Å². The average Bonchev–Trinajstić information content (AvgIpc) is 3.17. The Balaban J connectivity index is 1.32. The van der Waals surface area contributed by atoms with Gasteiger partial charge in [0.2, 0.25) is 0 Å². The fourth-order valence-corrected chi connectivity index (χ4v) is 5.92. The van der Waals surface area contributed by atoms with Gasteiger partial charge in [0.15, 0.2) is 0 Å². The van der Waals surface area contributed by atoms with Crippen LogP contribution in [0.3, 0.4) is 0 Å². The number of halogens is 9. The summed E-state index contributed by atoms with van der Waals surface area (Å²) in [6.07, 6.45) is -11.0. The summed E-state index contributed by atoms with van der Waals surface area (Å²) in [7, 11) is 0. The molecule has 0 spiro atoms. The minimum Gasteiger partial charge on any atom is -0.256 e. The first-order valence-corrected chi connectivity index (χ1v) is 16.2.